The molecule has 3 rings (SSSR count). The highest BCUT2D eigenvalue weighted by molar-refractivity contribution is 5.73. The van der Waals surface area contributed by atoms with Gasteiger partial charge in [0.05, 0.1) is 0 Å². The number of benzene rings is 1. The van der Waals surface area contributed by atoms with Crippen molar-refractivity contribution in [2.75, 3.05) is 6.54 Å². The van der Waals surface area contributed by atoms with Crippen LogP contribution in [-0.2, 0) is 0 Å². The van der Waals surface area contributed by atoms with Gasteiger partial charge in [0.2, 0.25) is 0 Å². The Bertz CT molecular complexity index is 617. The summed E-state index contributed by atoms with van der Waals surface area (Å²) in [5, 5.41) is 0. The molecule has 1 aliphatic rings. The van der Waals surface area contributed by atoms with E-state index in [1.165, 1.54) is 18.4 Å². The number of oxazole rings is 1. The largest absolute Gasteiger partial charge is 0.440 e. The molecule has 2 heterocycles. The van der Waals surface area contributed by atoms with Crippen molar-refractivity contribution in [1.82, 2.24) is 9.88 Å². The van der Waals surface area contributed by atoms with Crippen molar-refractivity contribution >= 4 is 11.1 Å². The van der Waals surface area contributed by atoms with Gasteiger partial charge in [-0.05, 0) is 64.3 Å². The van der Waals surface area contributed by atoms with Crippen molar-refractivity contribution in [3.63, 3.8) is 0 Å². The zero-order valence-electron chi connectivity index (χ0n) is 13.6. The van der Waals surface area contributed by atoms with Crippen molar-refractivity contribution < 1.29 is 4.42 Å². The summed E-state index contributed by atoms with van der Waals surface area (Å²) in [7, 11) is 0. The lowest BCUT2D eigenvalue weighted by molar-refractivity contribution is 0.0919. The predicted molar refractivity (Wildman–Crippen MR) is 86.6 cm³/mol. The second-order valence-corrected chi connectivity index (χ2v) is 6.64. The van der Waals surface area contributed by atoms with Gasteiger partial charge < -0.3 is 4.42 Å². The highest BCUT2D eigenvalue weighted by atomic mass is 16.3. The van der Waals surface area contributed by atoms with Gasteiger partial charge in [-0.15, -0.1) is 0 Å². The van der Waals surface area contributed by atoms with Gasteiger partial charge in [-0.25, -0.2) is 4.98 Å². The quantitative estimate of drug-likeness (QED) is 0.831. The molecule has 0 amide bonds. The first-order valence-corrected chi connectivity index (χ1v) is 8.21. The predicted octanol–water partition coefficient (Wildman–Crippen LogP) is 4.50. The van der Waals surface area contributed by atoms with E-state index in [1.54, 1.807) is 0 Å². The standard InChI is InChI=1S/C18H26N2O/c1-5-15-11-14(8-9-20(15)12(2)3)18-19-16-10-13(4)6-7-17(16)21-18/h6-7,10,12,14-15H,5,8-9,11H2,1-4H3/t14-,15+/m0/s1. The second kappa shape index (κ2) is 5.80. The molecule has 1 saturated heterocycles. The average molecular weight is 286 g/mol. The summed E-state index contributed by atoms with van der Waals surface area (Å²) >= 11 is 0. The van der Waals surface area contributed by atoms with Gasteiger partial charge in [0.1, 0.15) is 5.52 Å². The highest BCUT2D eigenvalue weighted by Gasteiger charge is 2.31. The van der Waals surface area contributed by atoms with Gasteiger partial charge in [-0.3, -0.25) is 4.90 Å². The molecular formula is C18H26N2O. The summed E-state index contributed by atoms with van der Waals surface area (Å²) in [5.41, 5.74) is 3.17. The Morgan fingerprint density at radius 3 is 2.90 bits per heavy atom. The van der Waals surface area contributed by atoms with E-state index in [0.29, 0.717) is 18.0 Å². The van der Waals surface area contributed by atoms with Crippen molar-refractivity contribution in [2.45, 2.75) is 65.0 Å². The minimum Gasteiger partial charge on any atom is -0.440 e. The zero-order chi connectivity index (χ0) is 15.0. The van der Waals surface area contributed by atoms with E-state index in [1.807, 2.05) is 6.07 Å². The maximum Gasteiger partial charge on any atom is 0.198 e. The lowest BCUT2D eigenvalue weighted by Crippen LogP contribution is -2.45. The van der Waals surface area contributed by atoms with Gasteiger partial charge in [-0.2, -0.15) is 0 Å². The molecule has 1 aromatic heterocycles. The first-order valence-electron chi connectivity index (χ1n) is 8.21. The summed E-state index contributed by atoms with van der Waals surface area (Å²) in [6.07, 6.45) is 3.52. The molecule has 1 aromatic carbocycles. The number of rotatable bonds is 3. The first kappa shape index (κ1) is 14.6. The van der Waals surface area contributed by atoms with Crippen LogP contribution in [0.25, 0.3) is 11.1 Å². The molecule has 1 fully saturated rings. The fraction of sp³-hybridized carbons (Fsp3) is 0.611. The lowest BCUT2D eigenvalue weighted by atomic mass is 9.88. The second-order valence-electron chi connectivity index (χ2n) is 6.64. The van der Waals surface area contributed by atoms with Gasteiger partial charge in [0.15, 0.2) is 11.5 Å². The molecule has 0 radical (unpaired) electrons. The van der Waals surface area contributed by atoms with Crippen LogP contribution in [0, 0.1) is 6.92 Å². The van der Waals surface area contributed by atoms with Crippen LogP contribution in [0.5, 0.6) is 0 Å². The number of nitrogens with zero attached hydrogens (tertiary/aromatic N) is 2. The smallest absolute Gasteiger partial charge is 0.198 e. The molecule has 0 unspecified atom stereocenters. The minimum absolute atomic E-state index is 0.470. The molecule has 2 aromatic rings. The fourth-order valence-electron chi connectivity index (χ4n) is 3.60. The van der Waals surface area contributed by atoms with Crippen molar-refractivity contribution in [1.29, 1.82) is 0 Å². The van der Waals surface area contributed by atoms with Crippen LogP contribution < -0.4 is 0 Å². The van der Waals surface area contributed by atoms with Crippen LogP contribution in [0.15, 0.2) is 22.6 Å². The average Bonchev–Trinajstić information content (AvgIpc) is 2.89. The van der Waals surface area contributed by atoms with Crippen molar-refractivity contribution in [2.24, 2.45) is 0 Å². The zero-order valence-corrected chi connectivity index (χ0v) is 13.6. The van der Waals surface area contributed by atoms with Gasteiger partial charge in [-0.1, -0.05) is 13.0 Å². The van der Waals surface area contributed by atoms with Crippen LogP contribution in [0.4, 0.5) is 0 Å². The van der Waals surface area contributed by atoms with Crippen LogP contribution >= 0.6 is 0 Å². The van der Waals surface area contributed by atoms with E-state index in [9.17, 15) is 0 Å². The molecule has 3 nitrogen and oxygen atoms in total. The third-order valence-electron chi connectivity index (χ3n) is 4.80. The first-order chi connectivity index (χ1) is 10.1. The molecule has 0 spiro atoms. The van der Waals surface area contributed by atoms with Gasteiger partial charge in [0.25, 0.3) is 0 Å². The SMILES string of the molecule is CC[C@@H]1C[C@@H](c2nc3cc(C)ccc3o2)CCN1C(C)C. The lowest BCUT2D eigenvalue weighted by Gasteiger charge is -2.40. The van der Waals surface area contributed by atoms with Crippen LogP contribution in [0.2, 0.25) is 0 Å². The van der Waals surface area contributed by atoms with E-state index in [2.05, 4.69) is 44.7 Å². The van der Waals surface area contributed by atoms with E-state index >= 15 is 0 Å². The Labute approximate surface area is 127 Å². The Kier molecular flexibility index (Phi) is 4.03. The summed E-state index contributed by atoms with van der Waals surface area (Å²) < 4.78 is 6.02. The number of likely N-dealkylation sites (tertiary alicyclic amines) is 1. The molecule has 0 bridgehead atoms. The number of aryl methyl sites for hydroxylation is 1. The van der Waals surface area contributed by atoms with E-state index < -0.39 is 0 Å². The third-order valence-corrected chi connectivity index (χ3v) is 4.80. The molecular weight excluding hydrogens is 260 g/mol. The molecule has 1 aliphatic heterocycles. The number of fused-ring (bicyclic) bond motifs is 1. The van der Waals surface area contributed by atoms with Crippen LogP contribution in [-0.4, -0.2) is 28.5 Å². The monoisotopic (exact) mass is 286 g/mol. The van der Waals surface area contributed by atoms with Gasteiger partial charge >= 0.3 is 0 Å². The Balaban J connectivity index is 1.83. The number of hydrogen-bond donors (Lipinski definition) is 0. The van der Waals surface area contributed by atoms with Crippen LogP contribution in [0.1, 0.15) is 57.4 Å². The Hall–Kier alpha value is -1.35. The fourth-order valence-corrected chi connectivity index (χ4v) is 3.60. The number of piperidine rings is 1. The molecule has 3 heteroatoms. The van der Waals surface area contributed by atoms with Crippen molar-refractivity contribution in [3.8, 4) is 0 Å². The van der Waals surface area contributed by atoms with Gasteiger partial charge in [0, 0.05) is 18.0 Å². The molecule has 0 saturated carbocycles. The molecule has 0 aliphatic carbocycles. The molecule has 0 N–H and O–H groups in total. The maximum atomic E-state index is 6.02. The van der Waals surface area contributed by atoms with E-state index in [-0.39, 0.29) is 0 Å². The molecule has 21 heavy (non-hydrogen) atoms. The Morgan fingerprint density at radius 1 is 1.38 bits per heavy atom. The molecule has 2 atom stereocenters. The maximum absolute atomic E-state index is 6.02. The number of hydrogen-bond acceptors (Lipinski definition) is 3. The summed E-state index contributed by atoms with van der Waals surface area (Å²) in [6.45, 7) is 10.1. The molecule has 114 valence electrons. The van der Waals surface area contributed by atoms with E-state index in [4.69, 9.17) is 9.40 Å². The summed E-state index contributed by atoms with van der Waals surface area (Å²) in [4.78, 5) is 7.38. The number of aromatic nitrogens is 1. The summed E-state index contributed by atoms with van der Waals surface area (Å²) in [6, 6.07) is 7.53. The van der Waals surface area contributed by atoms with Crippen molar-refractivity contribution in [3.05, 3.63) is 29.7 Å². The van der Waals surface area contributed by atoms with Crippen LogP contribution in [0.3, 0.4) is 0 Å². The van der Waals surface area contributed by atoms with E-state index in [0.717, 1.165) is 30.0 Å². The topological polar surface area (TPSA) is 29.3 Å². The third kappa shape index (κ3) is 2.84. The highest BCUT2D eigenvalue weighted by Crippen LogP contribution is 2.34. The minimum atomic E-state index is 0.470. The normalized spacial score (nSPS) is 24.0. The summed E-state index contributed by atoms with van der Waals surface area (Å²) in [5.74, 6) is 1.41. The Morgan fingerprint density at radius 2 is 2.19 bits per heavy atom.